The molecule has 0 heterocycles. The average Bonchev–Trinajstić information content (AvgIpc) is 2.62. The molecule has 2 N–H and O–H groups in total. The van der Waals surface area contributed by atoms with Crippen LogP contribution in [0.3, 0.4) is 0 Å². The predicted octanol–water partition coefficient (Wildman–Crippen LogP) is 7.21. The van der Waals surface area contributed by atoms with E-state index in [4.69, 9.17) is 9.47 Å². The first-order valence-corrected chi connectivity index (χ1v) is 12.1. The highest BCUT2D eigenvalue weighted by Crippen LogP contribution is 2.41. The third kappa shape index (κ3) is 9.02. The number of para-hydroxylation sites is 2. The fourth-order valence-electron chi connectivity index (χ4n) is 3.87. The summed E-state index contributed by atoms with van der Waals surface area (Å²) < 4.78 is 12.7. The summed E-state index contributed by atoms with van der Waals surface area (Å²) in [6.45, 7) is 23.6. The van der Waals surface area contributed by atoms with E-state index in [-0.39, 0.29) is 34.9 Å². The van der Waals surface area contributed by atoms with Gasteiger partial charge >= 0.3 is 0 Å². The summed E-state index contributed by atoms with van der Waals surface area (Å²) >= 11 is 0. The van der Waals surface area contributed by atoms with Crippen LogP contribution < -0.4 is 20.1 Å². The van der Waals surface area contributed by atoms with E-state index in [1.807, 2.05) is 12.1 Å². The summed E-state index contributed by atoms with van der Waals surface area (Å²) in [7, 11) is 0. The lowest BCUT2D eigenvalue weighted by Gasteiger charge is -2.40. The van der Waals surface area contributed by atoms with Gasteiger partial charge in [-0.3, -0.25) is 0 Å². The Morgan fingerprint density at radius 2 is 1.00 bits per heavy atom. The van der Waals surface area contributed by atoms with Crippen LogP contribution >= 0.6 is 0 Å². The van der Waals surface area contributed by atoms with Gasteiger partial charge in [0.2, 0.25) is 0 Å². The van der Waals surface area contributed by atoms with Crippen molar-refractivity contribution < 1.29 is 9.47 Å². The summed E-state index contributed by atoms with van der Waals surface area (Å²) in [6, 6.07) is 16.6. The SMILES string of the molecule is CC(C)Oc1ccccc1[C@@H](NC(C)(C)C)[C@H](NC(C)(C)C)c1ccccc1OC(C)(C)C. The molecule has 4 heteroatoms. The van der Waals surface area contributed by atoms with E-state index >= 15 is 0 Å². The molecule has 0 saturated carbocycles. The lowest BCUT2D eigenvalue weighted by Crippen LogP contribution is -2.49. The molecular formula is C29H46N2O2. The minimum Gasteiger partial charge on any atom is -0.491 e. The van der Waals surface area contributed by atoms with Crippen LogP contribution in [-0.2, 0) is 0 Å². The highest BCUT2D eigenvalue weighted by atomic mass is 16.5. The second kappa shape index (κ2) is 10.5. The molecule has 2 atom stereocenters. The normalized spacial score (nSPS) is 14.8. The first kappa shape index (κ1) is 27.2. The van der Waals surface area contributed by atoms with Crippen LogP contribution in [0, 0.1) is 0 Å². The standard InChI is InChI=1S/C29H46N2O2/c1-20(2)32-23-18-14-12-16-21(23)25(30-27(3,4)5)26(31-28(6,7)8)22-17-13-15-19-24(22)33-29(9,10)11/h12-20,25-26,30-31H,1-11H3/t25-,26-/m1/s1. The summed E-state index contributed by atoms with van der Waals surface area (Å²) in [6.07, 6.45) is 0.0898. The third-order valence-electron chi connectivity index (χ3n) is 4.80. The van der Waals surface area contributed by atoms with Gasteiger partial charge in [0.25, 0.3) is 0 Å². The molecule has 0 spiro atoms. The van der Waals surface area contributed by atoms with Crippen LogP contribution in [0.2, 0.25) is 0 Å². The molecule has 184 valence electrons. The van der Waals surface area contributed by atoms with E-state index in [0.29, 0.717) is 0 Å². The molecule has 0 radical (unpaired) electrons. The topological polar surface area (TPSA) is 42.5 Å². The molecule has 0 aromatic heterocycles. The lowest BCUT2D eigenvalue weighted by molar-refractivity contribution is 0.126. The summed E-state index contributed by atoms with van der Waals surface area (Å²) in [4.78, 5) is 0. The molecule has 0 amide bonds. The molecule has 33 heavy (non-hydrogen) atoms. The Labute approximate surface area is 202 Å². The Kier molecular flexibility index (Phi) is 8.64. The summed E-state index contributed by atoms with van der Waals surface area (Å²) in [5.74, 6) is 1.80. The molecule has 2 aromatic carbocycles. The monoisotopic (exact) mass is 454 g/mol. The van der Waals surface area contributed by atoms with E-state index in [1.54, 1.807) is 0 Å². The highest BCUT2D eigenvalue weighted by molar-refractivity contribution is 5.43. The molecular weight excluding hydrogens is 408 g/mol. The summed E-state index contributed by atoms with van der Waals surface area (Å²) in [5, 5.41) is 7.80. The van der Waals surface area contributed by atoms with Gasteiger partial charge in [-0.25, -0.2) is 0 Å². The van der Waals surface area contributed by atoms with Crippen LogP contribution in [0.5, 0.6) is 11.5 Å². The maximum absolute atomic E-state index is 6.44. The first-order chi connectivity index (χ1) is 15.1. The lowest BCUT2D eigenvalue weighted by atomic mass is 9.88. The number of hydrogen-bond acceptors (Lipinski definition) is 4. The molecule has 0 aliphatic carbocycles. The van der Waals surface area contributed by atoms with Gasteiger partial charge in [-0.15, -0.1) is 0 Å². The molecule has 0 bridgehead atoms. The zero-order chi connectivity index (χ0) is 25.0. The quantitative estimate of drug-likeness (QED) is 0.442. The van der Waals surface area contributed by atoms with Gasteiger partial charge in [0.05, 0.1) is 18.2 Å². The average molecular weight is 455 g/mol. The summed E-state index contributed by atoms with van der Waals surface area (Å²) in [5.41, 5.74) is 1.73. The van der Waals surface area contributed by atoms with Crippen molar-refractivity contribution >= 4 is 0 Å². The van der Waals surface area contributed by atoms with Crippen LogP contribution in [-0.4, -0.2) is 22.8 Å². The van der Waals surface area contributed by atoms with Crippen LogP contribution in [0.15, 0.2) is 48.5 Å². The molecule has 0 aliphatic rings. The molecule has 0 fully saturated rings. The molecule has 2 rings (SSSR count). The number of nitrogens with one attached hydrogen (secondary N) is 2. The molecule has 0 saturated heterocycles. The number of rotatable bonds is 8. The van der Waals surface area contributed by atoms with Crippen molar-refractivity contribution in [2.75, 3.05) is 0 Å². The van der Waals surface area contributed by atoms with Crippen LogP contribution in [0.25, 0.3) is 0 Å². The minimum absolute atomic E-state index is 0.0520. The Balaban J connectivity index is 2.73. The van der Waals surface area contributed by atoms with Crippen molar-refractivity contribution in [2.24, 2.45) is 0 Å². The fourth-order valence-corrected chi connectivity index (χ4v) is 3.87. The Morgan fingerprint density at radius 1 is 0.606 bits per heavy atom. The van der Waals surface area contributed by atoms with Crippen LogP contribution in [0.4, 0.5) is 0 Å². The van der Waals surface area contributed by atoms with Crippen molar-refractivity contribution in [2.45, 2.75) is 111 Å². The molecule has 4 nitrogen and oxygen atoms in total. The highest BCUT2D eigenvalue weighted by Gasteiger charge is 2.35. The van der Waals surface area contributed by atoms with Gasteiger partial charge in [-0.05, 0) is 88.3 Å². The predicted molar refractivity (Wildman–Crippen MR) is 140 cm³/mol. The molecule has 0 unspecified atom stereocenters. The van der Waals surface area contributed by atoms with Gasteiger partial charge in [-0.2, -0.15) is 0 Å². The van der Waals surface area contributed by atoms with E-state index in [1.165, 1.54) is 0 Å². The molecule has 0 aliphatic heterocycles. The van der Waals surface area contributed by atoms with Gasteiger partial charge in [0, 0.05) is 22.2 Å². The van der Waals surface area contributed by atoms with Crippen molar-refractivity contribution in [3.05, 3.63) is 59.7 Å². The second-order valence-electron chi connectivity index (χ2n) is 12.2. The maximum atomic E-state index is 6.44. The Hall–Kier alpha value is -2.04. The van der Waals surface area contributed by atoms with E-state index in [0.717, 1.165) is 22.6 Å². The van der Waals surface area contributed by atoms with Gasteiger partial charge in [0.15, 0.2) is 0 Å². The van der Waals surface area contributed by atoms with E-state index in [2.05, 4.69) is 123 Å². The van der Waals surface area contributed by atoms with Crippen molar-refractivity contribution in [1.29, 1.82) is 0 Å². The second-order valence-corrected chi connectivity index (χ2v) is 12.2. The Bertz CT molecular complexity index is 885. The molecule has 2 aromatic rings. The van der Waals surface area contributed by atoms with E-state index < -0.39 is 0 Å². The number of ether oxygens (including phenoxy) is 2. The minimum atomic E-state index is -0.298. The van der Waals surface area contributed by atoms with Crippen molar-refractivity contribution in [3.63, 3.8) is 0 Å². The zero-order valence-electron chi connectivity index (χ0n) is 22.7. The Morgan fingerprint density at radius 3 is 1.39 bits per heavy atom. The van der Waals surface area contributed by atoms with Crippen molar-refractivity contribution in [3.8, 4) is 11.5 Å². The van der Waals surface area contributed by atoms with Crippen molar-refractivity contribution in [1.82, 2.24) is 10.6 Å². The van der Waals surface area contributed by atoms with Crippen LogP contribution in [0.1, 0.15) is 99.4 Å². The van der Waals surface area contributed by atoms with E-state index in [9.17, 15) is 0 Å². The maximum Gasteiger partial charge on any atom is 0.124 e. The largest absolute Gasteiger partial charge is 0.491 e. The number of hydrogen-bond donors (Lipinski definition) is 2. The van der Waals surface area contributed by atoms with Gasteiger partial charge < -0.3 is 20.1 Å². The number of benzene rings is 2. The zero-order valence-corrected chi connectivity index (χ0v) is 22.7. The van der Waals surface area contributed by atoms with Gasteiger partial charge in [0.1, 0.15) is 17.1 Å². The smallest absolute Gasteiger partial charge is 0.124 e. The fraction of sp³-hybridized carbons (Fsp3) is 0.586. The van der Waals surface area contributed by atoms with Gasteiger partial charge in [-0.1, -0.05) is 36.4 Å². The third-order valence-corrected chi connectivity index (χ3v) is 4.80. The first-order valence-electron chi connectivity index (χ1n) is 12.1.